The van der Waals surface area contributed by atoms with Gasteiger partial charge >= 0.3 is 0 Å². The third-order valence-electron chi connectivity index (χ3n) is 5.16. The summed E-state index contributed by atoms with van der Waals surface area (Å²) in [7, 11) is -3.82. The molecule has 24 heavy (non-hydrogen) atoms. The van der Waals surface area contributed by atoms with Crippen LogP contribution in [0.1, 0.15) is 32.6 Å². The molecule has 1 aromatic carbocycles. The van der Waals surface area contributed by atoms with E-state index in [1.54, 1.807) is 0 Å². The molecule has 0 saturated carbocycles. The highest BCUT2D eigenvalue weighted by molar-refractivity contribution is 7.92. The van der Waals surface area contributed by atoms with Gasteiger partial charge < -0.3 is 5.32 Å². The van der Waals surface area contributed by atoms with Crippen molar-refractivity contribution in [2.75, 3.05) is 13.1 Å². The number of hydrogen-bond donors (Lipinski definition) is 1. The number of hydrogen-bond acceptors (Lipinski definition) is 4. The average Bonchev–Trinajstić information content (AvgIpc) is 2.97. The topological polar surface area (TPSA) is 66.5 Å². The van der Waals surface area contributed by atoms with Gasteiger partial charge in [-0.3, -0.25) is 9.69 Å². The number of rotatable bonds is 4. The van der Waals surface area contributed by atoms with Gasteiger partial charge in [0.1, 0.15) is 11.1 Å². The molecule has 2 heterocycles. The lowest BCUT2D eigenvalue weighted by molar-refractivity contribution is -0.121. The smallest absolute Gasteiger partial charge is 0.238 e. The maximum absolute atomic E-state index is 13.0. The molecule has 0 aromatic heterocycles. The second kappa shape index (κ2) is 6.80. The molecule has 2 saturated heterocycles. The Balaban J connectivity index is 1.69. The molecule has 2 aliphatic heterocycles. The van der Waals surface area contributed by atoms with E-state index in [9.17, 15) is 17.6 Å². The van der Waals surface area contributed by atoms with E-state index in [1.807, 2.05) is 0 Å². The molecule has 0 unspecified atom stereocenters. The summed E-state index contributed by atoms with van der Waals surface area (Å²) in [5, 5.41) is 1.74. The van der Waals surface area contributed by atoms with Crippen LogP contribution in [0, 0.1) is 5.82 Å². The van der Waals surface area contributed by atoms with Crippen molar-refractivity contribution in [1.82, 2.24) is 10.2 Å². The number of nitrogens with zero attached hydrogens (tertiary/aromatic N) is 1. The molecule has 0 aliphatic carbocycles. The van der Waals surface area contributed by atoms with E-state index >= 15 is 0 Å². The highest BCUT2D eigenvalue weighted by Crippen LogP contribution is 2.27. The van der Waals surface area contributed by atoms with Crippen molar-refractivity contribution in [1.29, 1.82) is 0 Å². The summed E-state index contributed by atoms with van der Waals surface area (Å²) in [6, 6.07) is 4.93. The van der Waals surface area contributed by atoms with Crippen molar-refractivity contribution in [3.8, 4) is 0 Å². The zero-order valence-corrected chi connectivity index (χ0v) is 14.6. The Labute approximate surface area is 142 Å². The number of sulfone groups is 1. The molecule has 7 heteroatoms. The fourth-order valence-corrected chi connectivity index (χ4v) is 4.96. The maximum atomic E-state index is 13.0. The van der Waals surface area contributed by atoms with Gasteiger partial charge in [0.15, 0.2) is 9.84 Å². The molecular formula is C17H23FN2O3S. The number of carbonyl (C=O) groups excluding carboxylic acids is 1. The van der Waals surface area contributed by atoms with Gasteiger partial charge in [-0.1, -0.05) is 6.42 Å². The van der Waals surface area contributed by atoms with Gasteiger partial charge in [0, 0.05) is 18.6 Å². The van der Waals surface area contributed by atoms with E-state index in [0.717, 1.165) is 44.5 Å². The third-order valence-corrected chi connectivity index (χ3v) is 7.23. The maximum Gasteiger partial charge on any atom is 0.238 e. The molecule has 0 bridgehead atoms. The number of benzene rings is 1. The highest BCUT2D eigenvalue weighted by atomic mass is 32.2. The van der Waals surface area contributed by atoms with E-state index < -0.39 is 26.8 Å². The molecule has 0 spiro atoms. The van der Waals surface area contributed by atoms with Crippen molar-refractivity contribution >= 4 is 15.7 Å². The number of amides is 1. The molecule has 3 atom stereocenters. The van der Waals surface area contributed by atoms with Crippen LogP contribution in [0.5, 0.6) is 0 Å². The van der Waals surface area contributed by atoms with E-state index in [0.29, 0.717) is 6.04 Å². The molecule has 1 aromatic rings. The monoisotopic (exact) mass is 354 g/mol. The first kappa shape index (κ1) is 17.4. The summed E-state index contributed by atoms with van der Waals surface area (Å²) < 4.78 is 38.1. The molecule has 132 valence electrons. The normalized spacial score (nSPS) is 25.9. The Hall–Kier alpha value is -1.47. The van der Waals surface area contributed by atoms with Gasteiger partial charge in [0.05, 0.1) is 4.90 Å². The van der Waals surface area contributed by atoms with Gasteiger partial charge in [-0.25, -0.2) is 12.8 Å². The second-order valence-electron chi connectivity index (χ2n) is 6.64. The Kier molecular flexibility index (Phi) is 4.92. The average molecular weight is 354 g/mol. The fourth-order valence-electron chi connectivity index (χ4n) is 3.69. The first-order valence-electron chi connectivity index (χ1n) is 8.43. The minimum Gasteiger partial charge on any atom is -0.351 e. The van der Waals surface area contributed by atoms with Crippen LogP contribution in [0.15, 0.2) is 29.2 Å². The summed E-state index contributed by atoms with van der Waals surface area (Å²) in [5.41, 5.74) is 0. The van der Waals surface area contributed by atoms with Crippen LogP contribution in [-0.4, -0.2) is 49.6 Å². The van der Waals surface area contributed by atoms with Crippen molar-refractivity contribution < 1.29 is 17.6 Å². The van der Waals surface area contributed by atoms with Crippen LogP contribution in [-0.2, 0) is 14.6 Å². The SMILES string of the molecule is C[C@H](C(=O)N[C@H]1CCN2CCCC[C@@H]12)S(=O)(=O)c1ccc(F)cc1. The van der Waals surface area contributed by atoms with Crippen LogP contribution in [0.4, 0.5) is 4.39 Å². The van der Waals surface area contributed by atoms with Crippen LogP contribution >= 0.6 is 0 Å². The predicted octanol–water partition coefficient (Wildman–Crippen LogP) is 1.73. The lowest BCUT2D eigenvalue weighted by Gasteiger charge is -2.32. The van der Waals surface area contributed by atoms with Crippen molar-refractivity contribution in [2.45, 2.75) is 54.8 Å². The Morgan fingerprint density at radius 2 is 1.92 bits per heavy atom. The molecule has 5 nitrogen and oxygen atoms in total. The highest BCUT2D eigenvalue weighted by Gasteiger charge is 2.38. The zero-order chi connectivity index (χ0) is 17.3. The molecule has 2 aliphatic rings. The molecule has 1 N–H and O–H groups in total. The number of fused-ring (bicyclic) bond motifs is 1. The lowest BCUT2D eigenvalue weighted by atomic mass is 9.99. The van der Waals surface area contributed by atoms with Gasteiger partial charge in [0.25, 0.3) is 0 Å². The zero-order valence-electron chi connectivity index (χ0n) is 13.7. The van der Waals surface area contributed by atoms with E-state index in [-0.39, 0.29) is 10.9 Å². The van der Waals surface area contributed by atoms with Gasteiger partial charge in [-0.15, -0.1) is 0 Å². The predicted molar refractivity (Wildman–Crippen MR) is 88.8 cm³/mol. The standard InChI is InChI=1S/C17H23FN2O3S/c1-12(24(22,23)14-7-5-13(18)6-8-14)17(21)19-15-9-11-20-10-3-2-4-16(15)20/h5-8,12,15-16H,2-4,9-11H2,1H3,(H,19,21)/t12-,15+,16+/m1/s1. The number of halogens is 1. The first-order valence-corrected chi connectivity index (χ1v) is 9.98. The quantitative estimate of drug-likeness (QED) is 0.837. The van der Waals surface area contributed by atoms with Gasteiger partial charge in [-0.05, 0) is 57.0 Å². The number of nitrogens with one attached hydrogen (secondary N) is 1. The molecule has 0 radical (unpaired) electrons. The Bertz CT molecular complexity index is 705. The Morgan fingerprint density at radius 1 is 1.21 bits per heavy atom. The van der Waals surface area contributed by atoms with Crippen molar-refractivity contribution in [3.05, 3.63) is 30.1 Å². The van der Waals surface area contributed by atoms with E-state index in [1.165, 1.54) is 25.5 Å². The van der Waals surface area contributed by atoms with Crippen LogP contribution < -0.4 is 5.32 Å². The van der Waals surface area contributed by atoms with Crippen LogP contribution in [0.3, 0.4) is 0 Å². The molecule has 3 rings (SSSR count). The molecule has 2 fully saturated rings. The minimum absolute atomic E-state index is 0.0173. The first-order chi connectivity index (χ1) is 11.4. The summed E-state index contributed by atoms with van der Waals surface area (Å²) in [5.74, 6) is -0.980. The summed E-state index contributed by atoms with van der Waals surface area (Å²) in [6.45, 7) is 3.40. The van der Waals surface area contributed by atoms with E-state index in [2.05, 4.69) is 10.2 Å². The van der Waals surface area contributed by atoms with Crippen LogP contribution in [0.25, 0.3) is 0 Å². The summed E-state index contributed by atoms with van der Waals surface area (Å²) in [6.07, 6.45) is 4.24. The Morgan fingerprint density at radius 3 is 2.62 bits per heavy atom. The van der Waals surface area contributed by atoms with E-state index in [4.69, 9.17) is 0 Å². The number of piperidine rings is 1. The fraction of sp³-hybridized carbons (Fsp3) is 0.588. The minimum atomic E-state index is -3.82. The summed E-state index contributed by atoms with van der Waals surface area (Å²) in [4.78, 5) is 14.8. The second-order valence-corrected chi connectivity index (χ2v) is 8.91. The van der Waals surface area contributed by atoms with Crippen molar-refractivity contribution in [2.24, 2.45) is 0 Å². The van der Waals surface area contributed by atoms with Crippen molar-refractivity contribution in [3.63, 3.8) is 0 Å². The number of carbonyl (C=O) groups is 1. The largest absolute Gasteiger partial charge is 0.351 e. The molecule has 1 amide bonds. The van der Waals surface area contributed by atoms with Gasteiger partial charge in [0.2, 0.25) is 5.91 Å². The molecular weight excluding hydrogens is 331 g/mol. The summed E-state index contributed by atoms with van der Waals surface area (Å²) >= 11 is 0. The van der Waals surface area contributed by atoms with Gasteiger partial charge in [-0.2, -0.15) is 0 Å². The third kappa shape index (κ3) is 3.32. The lowest BCUT2D eigenvalue weighted by Crippen LogP contribution is -2.50. The van der Waals surface area contributed by atoms with Crippen LogP contribution in [0.2, 0.25) is 0 Å².